The molecule has 1 unspecified atom stereocenters. The number of ether oxygens (including phenoxy) is 2. The zero-order valence-corrected chi connectivity index (χ0v) is 10.5. The van der Waals surface area contributed by atoms with E-state index in [0.29, 0.717) is 0 Å². The molecule has 2 nitrogen and oxygen atoms in total. The first-order valence-corrected chi connectivity index (χ1v) is 6.52. The first-order valence-electron chi connectivity index (χ1n) is 4.88. The van der Waals surface area contributed by atoms with E-state index in [1.54, 1.807) is 7.11 Å². The Morgan fingerprint density at radius 2 is 2.00 bits per heavy atom. The Kier molecular flexibility index (Phi) is 5.91. The van der Waals surface area contributed by atoms with Crippen LogP contribution in [0.2, 0.25) is 0 Å². The summed E-state index contributed by atoms with van der Waals surface area (Å²) in [5, 5.41) is 0. The van der Waals surface area contributed by atoms with Crippen LogP contribution >= 0.6 is 21.7 Å². The van der Waals surface area contributed by atoms with Crippen molar-refractivity contribution in [3.8, 4) is 5.75 Å². The van der Waals surface area contributed by atoms with Crippen LogP contribution in [0.4, 0.5) is 0 Å². The first kappa shape index (κ1) is 12.7. The van der Waals surface area contributed by atoms with Crippen molar-refractivity contribution < 1.29 is 9.47 Å². The molecule has 0 aliphatic rings. The standard InChI is InChI=1S/C11H15ClO2S/c1-3-4-11(13-2)14-9-5-7-10(15-12)8-6-9/h5-8,11H,3-4H2,1-2H3. The summed E-state index contributed by atoms with van der Waals surface area (Å²) in [4.78, 5) is 1.01. The minimum absolute atomic E-state index is 0.162. The average Bonchev–Trinajstić information content (AvgIpc) is 2.29. The lowest BCUT2D eigenvalue weighted by molar-refractivity contribution is -0.0584. The number of methoxy groups -OCH3 is 1. The summed E-state index contributed by atoms with van der Waals surface area (Å²) in [5.41, 5.74) is 0. The highest BCUT2D eigenvalue weighted by atomic mass is 35.7. The van der Waals surface area contributed by atoms with Gasteiger partial charge in [-0.05, 0) is 45.9 Å². The third kappa shape index (κ3) is 4.33. The van der Waals surface area contributed by atoms with E-state index in [1.807, 2.05) is 24.3 Å². The monoisotopic (exact) mass is 246 g/mol. The molecule has 1 rings (SSSR count). The van der Waals surface area contributed by atoms with Crippen LogP contribution in [0, 0.1) is 0 Å². The second-order valence-electron chi connectivity index (χ2n) is 3.12. The summed E-state index contributed by atoms with van der Waals surface area (Å²) in [6.07, 6.45) is 1.76. The largest absolute Gasteiger partial charge is 0.465 e. The van der Waals surface area contributed by atoms with Gasteiger partial charge in [0.15, 0.2) is 6.29 Å². The molecule has 0 N–H and O–H groups in total. The quantitative estimate of drug-likeness (QED) is 0.705. The lowest BCUT2D eigenvalue weighted by atomic mass is 10.3. The van der Waals surface area contributed by atoms with E-state index in [4.69, 9.17) is 20.2 Å². The Bertz CT molecular complexity index is 276. The van der Waals surface area contributed by atoms with Crippen LogP contribution in [0.1, 0.15) is 19.8 Å². The van der Waals surface area contributed by atoms with E-state index >= 15 is 0 Å². The Balaban J connectivity index is 2.55. The van der Waals surface area contributed by atoms with Crippen molar-refractivity contribution in [2.75, 3.05) is 7.11 Å². The fraction of sp³-hybridized carbons (Fsp3) is 0.455. The van der Waals surface area contributed by atoms with Crippen molar-refractivity contribution in [3.63, 3.8) is 0 Å². The molecule has 0 aliphatic heterocycles. The summed E-state index contributed by atoms with van der Waals surface area (Å²) in [7, 11) is 8.47. The molecule has 0 radical (unpaired) electrons. The summed E-state index contributed by atoms with van der Waals surface area (Å²) in [6.45, 7) is 2.10. The number of benzene rings is 1. The predicted octanol–water partition coefficient (Wildman–Crippen LogP) is 4.08. The van der Waals surface area contributed by atoms with Crippen molar-refractivity contribution in [1.82, 2.24) is 0 Å². The number of hydrogen-bond donors (Lipinski definition) is 0. The molecule has 0 saturated heterocycles. The molecule has 0 saturated carbocycles. The molecule has 0 aliphatic carbocycles. The Morgan fingerprint density at radius 1 is 1.33 bits per heavy atom. The first-order chi connectivity index (χ1) is 7.30. The Labute approximate surface area is 99.4 Å². The van der Waals surface area contributed by atoms with E-state index in [-0.39, 0.29) is 6.29 Å². The summed E-state index contributed by atoms with van der Waals surface area (Å²) in [6, 6.07) is 7.64. The molecule has 4 heteroatoms. The van der Waals surface area contributed by atoms with Crippen molar-refractivity contribution in [3.05, 3.63) is 24.3 Å². The van der Waals surface area contributed by atoms with Gasteiger partial charge in [0.05, 0.1) is 0 Å². The summed E-state index contributed by atoms with van der Waals surface area (Å²) in [5.74, 6) is 0.810. The minimum Gasteiger partial charge on any atom is -0.465 e. The van der Waals surface area contributed by atoms with Gasteiger partial charge in [-0.2, -0.15) is 0 Å². The molecule has 0 heterocycles. The van der Waals surface area contributed by atoms with Crippen LogP contribution in [0.25, 0.3) is 0 Å². The van der Waals surface area contributed by atoms with Crippen LogP contribution in [-0.4, -0.2) is 13.4 Å². The average molecular weight is 247 g/mol. The van der Waals surface area contributed by atoms with Crippen LogP contribution in [-0.2, 0) is 4.74 Å². The number of halogens is 1. The molecule has 1 aromatic carbocycles. The highest BCUT2D eigenvalue weighted by molar-refractivity contribution is 8.21. The van der Waals surface area contributed by atoms with Crippen molar-refractivity contribution in [2.45, 2.75) is 31.0 Å². The highest BCUT2D eigenvalue weighted by Gasteiger charge is 2.07. The fourth-order valence-electron chi connectivity index (χ4n) is 1.18. The van der Waals surface area contributed by atoms with Crippen molar-refractivity contribution in [1.29, 1.82) is 0 Å². The minimum atomic E-state index is -0.162. The Hall–Kier alpha value is -0.380. The van der Waals surface area contributed by atoms with E-state index < -0.39 is 0 Å². The van der Waals surface area contributed by atoms with Gasteiger partial charge in [-0.15, -0.1) is 0 Å². The second-order valence-corrected chi connectivity index (χ2v) is 4.21. The highest BCUT2D eigenvalue weighted by Crippen LogP contribution is 2.24. The van der Waals surface area contributed by atoms with Gasteiger partial charge in [-0.25, -0.2) is 0 Å². The van der Waals surface area contributed by atoms with Gasteiger partial charge >= 0.3 is 0 Å². The molecule has 0 spiro atoms. The fourth-order valence-corrected chi connectivity index (χ4v) is 1.73. The zero-order chi connectivity index (χ0) is 11.1. The van der Waals surface area contributed by atoms with Gasteiger partial charge < -0.3 is 9.47 Å². The van der Waals surface area contributed by atoms with Gasteiger partial charge in [0.1, 0.15) is 5.75 Å². The maximum Gasteiger partial charge on any atom is 0.199 e. The van der Waals surface area contributed by atoms with Gasteiger partial charge in [0.25, 0.3) is 0 Å². The molecular weight excluding hydrogens is 232 g/mol. The Morgan fingerprint density at radius 3 is 2.47 bits per heavy atom. The molecule has 0 bridgehead atoms. The molecule has 0 fully saturated rings. The molecule has 0 aromatic heterocycles. The van der Waals surface area contributed by atoms with E-state index in [9.17, 15) is 0 Å². The molecule has 1 atom stereocenters. The van der Waals surface area contributed by atoms with E-state index in [2.05, 4.69) is 6.92 Å². The molecular formula is C11H15ClO2S. The van der Waals surface area contributed by atoms with Crippen molar-refractivity contribution in [2.24, 2.45) is 0 Å². The number of rotatable bonds is 6. The van der Waals surface area contributed by atoms with Crippen LogP contribution in [0.3, 0.4) is 0 Å². The summed E-state index contributed by atoms with van der Waals surface area (Å²) >= 11 is 0. The SMILES string of the molecule is CCCC(OC)Oc1ccc(SCl)cc1. The predicted molar refractivity (Wildman–Crippen MR) is 64.5 cm³/mol. The molecule has 84 valence electrons. The van der Waals surface area contributed by atoms with Gasteiger partial charge in [-0.1, -0.05) is 13.3 Å². The van der Waals surface area contributed by atoms with Gasteiger partial charge in [-0.3, -0.25) is 0 Å². The summed E-state index contributed by atoms with van der Waals surface area (Å²) < 4.78 is 10.8. The van der Waals surface area contributed by atoms with Crippen LogP contribution in [0.5, 0.6) is 5.75 Å². The normalized spacial score (nSPS) is 12.5. The third-order valence-electron chi connectivity index (χ3n) is 1.97. The number of hydrogen-bond acceptors (Lipinski definition) is 3. The second kappa shape index (κ2) is 6.99. The van der Waals surface area contributed by atoms with E-state index in [0.717, 1.165) is 23.5 Å². The van der Waals surface area contributed by atoms with Crippen molar-refractivity contribution >= 4 is 21.7 Å². The maximum absolute atomic E-state index is 5.63. The van der Waals surface area contributed by atoms with Gasteiger partial charge in [0.2, 0.25) is 0 Å². The molecule has 1 aromatic rings. The lowest BCUT2D eigenvalue weighted by Crippen LogP contribution is -2.18. The molecule has 0 amide bonds. The molecule has 15 heavy (non-hydrogen) atoms. The van der Waals surface area contributed by atoms with Crippen LogP contribution < -0.4 is 4.74 Å². The maximum atomic E-state index is 5.63. The van der Waals surface area contributed by atoms with Gasteiger partial charge in [0, 0.05) is 18.4 Å². The van der Waals surface area contributed by atoms with E-state index in [1.165, 1.54) is 11.0 Å². The third-order valence-corrected chi connectivity index (χ3v) is 2.95. The topological polar surface area (TPSA) is 18.5 Å². The van der Waals surface area contributed by atoms with Crippen LogP contribution in [0.15, 0.2) is 29.2 Å². The lowest BCUT2D eigenvalue weighted by Gasteiger charge is -2.16. The zero-order valence-electron chi connectivity index (χ0n) is 8.90. The smallest absolute Gasteiger partial charge is 0.199 e.